The summed E-state index contributed by atoms with van der Waals surface area (Å²) < 4.78 is 18.7. The Kier molecular flexibility index (Phi) is 6.16. The number of amides is 1. The third-order valence-corrected chi connectivity index (χ3v) is 4.99. The first kappa shape index (κ1) is 19.7. The molecule has 1 aromatic heterocycles. The molecule has 1 amide bonds. The van der Waals surface area contributed by atoms with Gasteiger partial charge < -0.3 is 4.74 Å². The smallest absolute Gasteiger partial charge is 0.225 e. The number of carbonyl (C=O) groups excluding carboxylic acids is 2. The summed E-state index contributed by atoms with van der Waals surface area (Å²) in [6.07, 6.45) is 0. The summed E-state index contributed by atoms with van der Waals surface area (Å²) in [5.74, 6) is -0.00899. The molecular weight excluding hydrogens is 379 g/mol. The lowest BCUT2D eigenvalue weighted by atomic mass is 10.0. The zero-order valence-electron chi connectivity index (χ0n) is 15.5. The SMILES string of the molecule is CCN(C(C)=O)c1nc(COc2ccc(C(=O)c3ccc(F)cc3)cc2)cs1. The van der Waals surface area contributed by atoms with Crippen LogP contribution in [0.15, 0.2) is 53.9 Å². The molecule has 28 heavy (non-hydrogen) atoms. The highest BCUT2D eigenvalue weighted by molar-refractivity contribution is 7.14. The van der Waals surface area contributed by atoms with E-state index in [4.69, 9.17) is 4.74 Å². The first-order valence-corrected chi connectivity index (χ1v) is 9.61. The number of rotatable bonds is 7. The highest BCUT2D eigenvalue weighted by Crippen LogP contribution is 2.22. The summed E-state index contributed by atoms with van der Waals surface area (Å²) >= 11 is 1.39. The van der Waals surface area contributed by atoms with Crippen LogP contribution in [0.25, 0.3) is 0 Å². The zero-order chi connectivity index (χ0) is 20.1. The molecule has 5 nitrogen and oxygen atoms in total. The molecule has 3 rings (SSSR count). The number of nitrogens with zero attached hydrogens (tertiary/aromatic N) is 2. The first-order chi connectivity index (χ1) is 13.5. The normalized spacial score (nSPS) is 10.5. The van der Waals surface area contributed by atoms with E-state index in [0.717, 1.165) is 5.69 Å². The van der Waals surface area contributed by atoms with Crippen LogP contribution in [-0.4, -0.2) is 23.2 Å². The van der Waals surface area contributed by atoms with Gasteiger partial charge in [-0.3, -0.25) is 14.5 Å². The molecule has 0 aliphatic rings. The van der Waals surface area contributed by atoms with Crippen LogP contribution in [-0.2, 0) is 11.4 Å². The van der Waals surface area contributed by atoms with Crippen molar-refractivity contribution < 1.29 is 18.7 Å². The van der Waals surface area contributed by atoms with Gasteiger partial charge in [-0.15, -0.1) is 11.3 Å². The van der Waals surface area contributed by atoms with Gasteiger partial charge in [-0.2, -0.15) is 0 Å². The van der Waals surface area contributed by atoms with Crippen molar-refractivity contribution >= 4 is 28.2 Å². The van der Waals surface area contributed by atoms with Gasteiger partial charge in [-0.1, -0.05) is 0 Å². The Balaban J connectivity index is 1.62. The summed E-state index contributed by atoms with van der Waals surface area (Å²) in [4.78, 5) is 30.0. The van der Waals surface area contributed by atoms with Crippen LogP contribution in [0.2, 0.25) is 0 Å². The number of halogens is 1. The summed E-state index contributed by atoms with van der Waals surface area (Å²) in [5, 5.41) is 2.50. The largest absolute Gasteiger partial charge is 0.487 e. The lowest BCUT2D eigenvalue weighted by Crippen LogP contribution is -2.27. The Bertz CT molecular complexity index is 968. The van der Waals surface area contributed by atoms with Crippen LogP contribution >= 0.6 is 11.3 Å². The van der Waals surface area contributed by atoms with Crippen LogP contribution in [0.3, 0.4) is 0 Å². The van der Waals surface area contributed by atoms with E-state index in [2.05, 4.69) is 4.98 Å². The molecule has 0 bridgehead atoms. The number of anilines is 1. The summed E-state index contributed by atoms with van der Waals surface area (Å²) in [6.45, 7) is 4.23. The molecule has 0 fully saturated rings. The van der Waals surface area contributed by atoms with Gasteiger partial charge in [0.2, 0.25) is 5.91 Å². The Hall–Kier alpha value is -3.06. The van der Waals surface area contributed by atoms with Crippen molar-refractivity contribution in [3.63, 3.8) is 0 Å². The van der Waals surface area contributed by atoms with E-state index < -0.39 is 0 Å². The van der Waals surface area contributed by atoms with Crippen molar-refractivity contribution in [1.29, 1.82) is 0 Å². The van der Waals surface area contributed by atoms with Crippen LogP contribution in [0.5, 0.6) is 5.75 Å². The second kappa shape index (κ2) is 8.75. The second-order valence-electron chi connectivity index (χ2n) is 6.03. The third-order valence-electron chi connectivity index (χ3n) is 4.08. The highest BCUT2D eigenvalue weighted by Gasteiger charge is 2.14. The minimum absolute atomic E-state index is 0.0503. The number of hydrogen-bond donors (Lipinski definition) is 0. The van der Waals surface area contributed by atoms with E-state index in [9.17, 15) is 14.0 Å². The molecule has 7 heteroatoms. The van der Waals surface area contributed by atoms with E-state index in [1.807, 2.05) is 12.3 Å². The Labute approximate surface area is 166 Å². The third kappa shape index (κ3) is 4.61. The molecule has 2 aromatic carbocycles. The second-order valence-corrected chi connectivity index (χ2v) is 6.87. The number of aromatic nitrogens is 1. The summed E-state index contributed by atoms with van der Waals surface area (Å²) in [7, 11) is 0. The van der Waals surface area contributed by atoms with Crippen molar-refractivity contribution in [2.24, 2.45) is 0 Å². The summed E-state index contributed by atoms with van der Waals surface area (Å²) in [5.41, 5.74) is 1.65. The molecule has 0 saturated carbocycles. The van der Waals surface area contributed by atoms with Gasteiger partial charge in [0.1, 0.15) is 18.2 Å². The molecule has 0 aliphatic heterocycles. The molecule has 0 radical (unpaired) electrons. The number of hydrogen-bond acceptors (Lipinski definition) is 5. The predicted octanol–water partition coefficient (Wildman–Crippen LogP) is 4.47. The average molecular weight is 398 g/mol. The van der Waals surface area contributed by atoms with E-state index in [-0.39, 0.29) is 24.1 Å². The Morgan fingerprint density at radius 2 is 1.68 bits per heavy atom. The standard InChI is InChI=1S/C21H19FN2O3S/c1-3-24(14(2)25)21-23-18(13-28-21)12-27-19-10-6-16(7-11-19)20(26)15-4-8-17(22)9-5-15/h4-11,13H,3,12H2,1-2H3. The minimum Gasteiger partial charge on any atom is -0.487 e. The number of ketones is 1. The van der Waals surface area contributed by atoms with Gasteiger partial charge in [0, 0.05) is 30.0 Å². The van der Waals surface area contributed by atoms with Crippen LogP contribution in [0.1, 0.15) is 35.5 Å². The molecule has 0 atom stereocenters. The lowest BCUT2D eigenvalue weighted by molar-refractivity contribution is -0.116. The Morgan fingerprint density at radius 3 is 2.25 bits per heavy atom. The van der Waals surface area contributed by atoms with Crippen molar-refractivity contribution in [2.45, 2.75) is 20.5 Å². The molecule has 3 aromatic rings. The number of carbonyl (C=O) groups is 2. The maximum Gasteiger partial charge on any atom is 0.225 e. The minimum atomic E-state index is -0.379. The van der Waals surface area contributed by atoms with Gasteiger partial charge in [0.25, 0.3) is 0 Å². The molecule has 0 spiro atoms. The van der Waals surface area contributed by atoms with Crippen molar-refractivity contribution in [1.82, 2.24) is 4.98 Å². The maximum absolute atomic E-state index is 13.0. The van der Waals surface area contributed by atoms with E-state index >= 15 is 0 Å². The van der Waals surface area contributed by atoms with Crippen LogP contribution in [0.4, 0.5) is 9.52 Å². The van der Waals surface area contributed by atoms with Gasteiger partial charge in [0.15, 0.2) is 10.9 Å². The molecule has 1 heterocycles. The van der Waals surface area contributed by atoms with Crippen molar-refractivity contribution in [2.75, 3.05) is 11.4 Å². The first-order valence-electron chi connectivity index (χ1n) is 8.73. The fourth-order valence-corrected chi connectivity index (χ4v) is 3.52. The molecular formula is C21H19FN2O3S. The maximum atomic E-state index is 13.0. The van der Waals surface area contributed by atoms with Crippen molar-refractivity contribution in [3.05, 3.63) is 76.5 Å². The lowest BCUT2D eigenvalue weighted by Gasteiger charge is -2.14. The van der Waals surface area contributed by atoms with Crippen LogP contribution < -0.4 is 9.64 Å². The highest BCUT2D eigenvalue weighted by atomic mass is 32.1. The quantitative estimate of drug-likeness (QED) is 0.551. The number of benzene rings is 2. The monoisotopic (exact) mass is 398 g/mol. The fourth-order valence-electron chi connectivity index (χ4n) is 2.61. The van der Waals surface area contributed by atoms with Gasteiger partial charge in [-0.05, 0) is 55.5 Å². The molecule has 0 N–H and O–H groups in total. The zero-order valence-corrected chi connectivity index (χ0v) is 16.3. The van der Waals surface area contributed by atoms with E-state index in [1.54, 1.807) is 29.2 Å². The van der Waals surface area contributed by atoms with Gasteiger partial charge in [0.05, 0.1) is 5.69 Å². The summed E-state index contributed by atoms with van der Waals surface area (Å²) in [6, 6.07) is 12.2. The van der Waals surface area contributed by atoms with E-state index in [1.165, 1.54) is 42.5 Å². The average Bonchev–Trinajstić information content (AvgIpc) is 3.15. The fraction of sp³-hybridized carbons (Fsp3) is 0.190. The molecule has 0 saturated heterocycles. The predicted molar refractivity (Wildman–Crippen MR) is 106 cm³/mol. The molecule has 0 aliphatic carbocycles. The van der Waals surface area contributed by atoms with E-state index in [0.29, 0.717) is 28.6 Å². The number of ether oxygens (including phenoxy) is 1. The molecule has 0 unspecified atom stereocenters. The topological polar surface area (TPSA) is 59.5 Å². The molecule has 144 valence electrons. The van der Waals surface area contributed by atoms with Gasteiger partial charge in [-0.25, -0.2) is 9.37 Å². The van der Waals surface area contributed by atoms with Gasteiger partial charge >= 0.3 is 0 Å². The Morgan fingerprint density at radius 1 is 1.07 bits per heavy atom. The number of thiazole rings is 1. The van der Waals surface area contributed by atoms with Crippen molar-refractivity contribution in [3.8, 4) is 5.75 Å². The van der Waals surface area contributed by atoms with Crippen LogP contribution in [0, 0.1) is 5.82 Å².